The third-order valence-corrected chi connectivity index (χ3v) is 5.77. The van der Waals surface area contributed by atoms with Crippen LogP contribution in [0.2, 0.25) is 0 Å². The Kier molecular flexibility index (Phi) is 6.23. The van der Waals surface area contributed by atoms with Crippen molar-refractivity contribution >= 4 is 16.9 Å². The van der Waals surface area contributed by atoms with Crippen molar-refractivity contribution in [2.75, 3.05) is 33.9 Å². The standard InChI is InChI=1S/C24H28N2O4/c1-28-19-7-5-6-17(12-19)22(26-10-3-4-11-26)15-25-24(27)13-18-16-30-23-14-20(29-2)8-9-21(18)23/h5-9,12,14,16,22H,3-4,10-11,13,15H2,1-2H3,(H,25,27). The Bertz CT molecular complexity index is 1010. The molecule has 1 atom stereocenters. The number of fused-ring (bicyclic) bond motifs is 1. The largest absolute Gasteiger partial charge is 0.497 e. The molecule has 0 radical (unpaired) electrons. The Morgan fingerprint density at radius 2 is 1.87 bits per heavy atom. The number of methoxy groups -OCH3 is 2. The van der Waals surface area contributed by atoms with Gasteiger partial charge in [-0.25, -0.2) is 0 Å². The number of rotatable bonds is 8. The number of likely N-dealkylation sites (tertiary alicyclic amines) is 1. The predicted molar refractivity (Wildman–Crippen MR) is 116 cm³/mol. The lowest BCUT2D eigenvalue weighted by Gasteiger charge is -2.28. The van der Waals surface area contributed by atoms with E-state index in [-0.39, 0.29) is 18.4 Å². The van der Waals surface area contributed by atoms with E-state index in [0.29, 0.717) is 6.54 Å². The summed E-state index contributed by atoms with van der Waals surface area (Å²) in [5, 5.41) is 4.07. The summed E-state index contributed by atoms with van der Waals surface area (Å²) in [4.78, 5) is 15.2. The second kappa shape index (κ2) is 9.22. The molecule has 6 nitrogen and oxygen atoms in total. The van der Waals surface area contributed by atoms with E-state index in [1.807, 2.05) is 30.3 Å². The molecule has 3 aromatic rings. The first-order valence-corrected chi connectivity index (χ1v) is 10.4. The number of amides is 1. The van der Waals surface area contributed by atoms with Crippen LogP contribution >= 0.6 is 0 Å². The van der Waals surface area contributed by atoms with Crippen LogP contribution in [0.25, 0.3) is 11.0 Å². The van der Waals surface area contributed by atoms with Crippen molar-refractivity contribution in [1.29, 1.82) is 0 Å². The summed E-state index contributed by atoms with van der Waals surface area (Å²) >= 11 is 0. The van der Waals surface area contributed by atoms with Crippen molar-refractivity contribution in [3.05, 3.63) is 59.9 Å². The molecule has 30 heavy (non-hydrogen) atoms. The van der Waals surface area contributed by atoms with Gasteiger partial charge in [0.15, 0.2) is 0 Å². The minimum atomic E-state index is -0.0133. The van der Waals surface area contributed by atoms with Crippen LogP contribution in [0.3, 0.4) is 0 Å². The van der Waals surface area contributed by atoms with Crippen molar-refractivity contribution in [2.24, 2.45) is 0 Å². The maximum Gasteiger partial charge on any atom is 0.224 e. The molecule has 2 heterocycles. The third-order valence-electron chi connectivity index (χ3n) is 5.77. The van der Waals surface area contributed by atoms with Crippen LogP contribution in [0.5, 0.6) is 11.5 Å². The van der Waals surface area contributed by atoms with E-state index in [4.69, 9.17) is 13.9 Å². The van der Waals surface area contributed by atoms with Crippen LogP contribution in [-0.2, 0) is 11.2 Å². The summed E-state index contributed by atoms with van der Waals surface area (Å²) in [7, 11) is 3.30. The van der Waals surface area contributed by atoms with Gasteiger partial charge in [0.1, 0.15) is 17.1 Å². The molecule has 6 heteroatoms. The molecule has 1 amide bonds. The quantitative estimate of drug-likeness (QED) is 0.612. The molecule has 4 rings (SSSR count). The number of carbonyl (C=O) groups is 1. The van der Waals surface area contributed by atoms with Gasteiger partial charge in [-0.05, 0) is 55.8 Å². The zero-order valence-electron chi connectivity index (χ0n) is 17.5. The first-order chi connectivity index (χ1) is 14.7. The maximum atomic E-state index is 12.7. The van der Waals surface area contributed by atoms with E-state index < -0.39 is 0 Å². The zero-order valence-corrected chi connectivity index (χ0v) is 17.5. The lowest BCUT2D eigenvalue weighted by atomic mass is 10.0. The zero-order chi connectivity index (χ0) is 20.9. The molecular formula is C24H28N2O4. The molecule has 1 fully saturated rings. The Hall–Kier alpha value is -2.99. The molecular weight excluding hydrogens is 380 g/mol. The van der Waals surface area contributed by atoms with Crippen molar-refractivity contribution in [2.45, 2.75) is 25.3 Å². The van der Waals surface area contributed by atoms with Gasteiger partial charge >= 0.3 is 0 Å². The van der Waals surface area contributed by atoms with Crippen molar-refractivity contribution in [1.82, 2.24) is 10.2 Å². The number of hydrogen-bond donors (Lipinski definition) is 1. The highest BCUT2D eigenvalue weighted by molar-refractivity contribution is 5.88. The molecule has 1 unspecified atom stereocenters. The van der Waals surface area contributed by atoms with Gasteiger partial charge in [0, 0.05) is 23.6 Å². The van der Waals surface area contributed by atoms with Crippen LogP contribution in [-0.4, -0.2) is 44.7 Å². The fourth-order valence-corrected chi connectivity index (χ4v) is 4.13. The van der Waals surface area contributed by atoms with Gasteiger partial charge in [-0.3, -0.25) is 9.69 Å². The van der Waals surface area contributed by atoms with E-state index in [1.54, 1.807) is 20.5 Å². The molecule has 1 aliphatic rings. The molecule has 0 bridgehead atoms. The van der Waals surface area contributed by atoms with Gasteiger partial charge in [0.25, 0.3) is 0 Å². The molecule has 0 spiro atoms. The third kappa shape index (κ3) is 4.44. The molecule has 1 saturated heterocycles. The highest BCUT2D eigenvalue weighted by atomic mass is 16.5. The lowest BCUT2D eigenvalue weighted by molar-refractivity contribution is -0.120. The fraction of sp³-hybridized carbons (Fsp3) is 0.375. The number of ether oxygens (including phenoxy) is 2. The Morgan fingerprint density at radius 1 is 1.10 bits per heavy atom. The van der Waals surface area contributed by atoms with Crippen LogP contribution in [0.15, 0.2) is 53.1 Å². The van der Waals surface area contributed by atoms with Gasteiger partial charge in [-0.1, -0.05) is 12.1 Å². The summed E-state index contributed by atoms with van der Waals surface area (Å²) in [6.07, 6.45) is 4.33. The Balaban J connectivity index is 1.45. The van der Waals surface area contributed by atoms with Crippen LogP contribution < -0.4 is 14.8 Å². The minimum absolute atomic E-state index is 0.0133. The summed E-state index contributed by atoms with van der Waals surface area (Å²) in [6, 6.07) is 13.9. The van der Waals surface area contributed by atoms with E-state index in [2.05, 4.69) is 22.3 Å². The number of furan rings is 1. The smallest absolute Gasteiger partial charge is 0.224 e. The summed E-state index contributed by atoms with van der Waals surface area (Å²) < 4.78 is 16.2. The molecule has 1 aromatic heterocycles. The van der Waals surface area contributed by atoms with Crippen LogP contribution in [0.4, 0.5) is 0 Å². The Morgan fingerprint density at radius 3 is 2.63 bits per heavy atom. The number of carbonyl (C=O) groups excluding carboxylic acids is 1. The topological polar surface area (TPSA) is 63.9 Å². The number of benzene rings is 2. The number of nitrogens with one attached hydrogen (secondary N) is 1. The van der Waals surface area contributed by atoms with Crippen LogP contribution in [0.1, 0.15) is 30.0 Å². The van der Waals surface area contributed by atoms with Crippen molar-refractivity contribution < 1.29 is 18.7 Å². The molecule has 0 saturated carbocycles. The number of nitrogens with zero attached hydrogens (tertiary/aromatic N) is 1. The molecule has 1 N–H and O–H groups in total. The van der Waals surface area contributed by atoms with E-state index >= 15 is 0 Å². The average Bonchev–Trinajstić information content (AvgIpc) is 3.44. The Labute approximate surface area is 176 Å². The van der Waals surface area contributed by atoms with Crippen molar-refractivity contribution in [3.8, 4) is 11.5 Å². The highest BCUT2D eigenvalue weighted by Crippen LogP contribution is 2.28. The summed E-state index contributed by atoms with van der Waals surface area (Å²) in [5.74, 6) is 1.56. The second-order valence-corrected chi connectivity index (χ2v) is 7.64. The normalized spacial score (nSPS) is 15.3. The first kappa shape index (κ1) is 20.3. The fourth-order valence-electron chi connectivity index (χ4n) is 4.13. The lowest BCUT2D eigenvalue weighted by Crippen LogP contribution is -2.37. The van der Waals surface area contributed by atoms with Crippen LogP contribution in [0, 0.1) is 0 Å². The highest BCUT2D eigenvalue weighted by Gasteiger charge is 2.24. The molecule has 0 aliphatic carbocycles. The van der Waals surface area contributed by atoms with Gasteiger partial charge in [0.2, 0.25) is 5.91 Å². The maximum absolute atomic E-state index is 12.7. The SMILES string of the molecule is COc1cccc(C(CNC(=O)Cc2coc3cc(OC)ccc23)N2CCCC2)c1. The van der Waals surface area contributed by atoms with E-state index in [9.17, 15) is 4.79 Å². The average molecular weight is 408 g/mol. The van der Waals surface area contributed by atoms with Gasteiger partial charge in [-0.15, -0.1) is 0 Å². The van der Waals surface area contributed by atoms with Gasteiger partial charge in [0.05, 0.1) is 32.9 Å². The molecule has 2 aromatic carbocycles. The summed E-state index contributed by atoms with van der Waals surface area (Å²) in [5.41, 5.74) is 2.77. The minimum Gasteiger partial charge on any atom is -0.497 e. The predicted octanol–water partition coefficient (Wildman–Crippen LogP) is 3.95. The monoisotopic (exact) mass is 408 g/mol. The van der Waals surface area contributed by atoms with Crippen molar-refractivity contribution in [3.63, 3.8) is 0 Å². The first-order valence-electron chi connectivity index (χ1n) is 10.4. The second-order valence-electron chi connectivity index (χ2n) is 7.64. The number of hydrogen-bond acceptors (Lipinski definition) is 5. The summed E-state index contributed by atoms with van der Waals surface area (Å²) in [6.45, 7) is 2.66. The van der Waals surface area contributed by atoms with E-state index in [1.165, 1.54) is 12.8 Å². The van der Waals surface area contributed by atoms with Gasteiger partial charge in [-0.2, -0.15) is 0 Å². The van der Waals surface area contributed by atoms with Gasteiger partial charge < -0.3 is 19.2 Å². The van der Waals surface area contributed by atoms with E-state index in [0.717, 1.165) is 46.7 Å². The molecule has 1 aliphatic heterocycles. The molecule has 158 valence electrons.